The molecule has 0 aliphatic heterocycles. The molecule has 0 bridgehead atoms. The Hall–Kier alpha value is -2.77. The molecule has 0 saturated heterocycles. The maximum absolute atomic E-state index is 11.9. The number of primary sulfonamides is 1. The summed E-state index contributed by atoms with van der Waals surface area (Å²) >= 11 is 0. The summed E-state index contributed by atoms with van der Waals surface area (Å²) in [5, 5.41) is 5.38. The quantitative estimate of drug-likeness (QED) is 0.734. The first kappa shape index (κ1) is 17.6. The number of benzene rings is 2. The molecule has 4 rings (SSSR count). The number of hydrogen-bond donors (Lipinski definition) is 1. The van der Waals surface area contributed by atoms with E-state index < -0.39 is 10.0 Å². The molecule has 1 aromatic heterocycles. The van der Waals surface area contributed by atoms with Crippen LogP contribution in [0.4, 0.5) is 11.6 Å². The van der Waals surface area contributed by atoms with Crippen LogP contribution in [0.5, 0.6) is 0 Å². The monoisotopic (exact) mass is 380 g/mol. The van der Waals surface area contributed by atoms with Crippen molar-refractivity contribution in [3.8, 4) is 0 Å². The molecule has 27 heavy (non-hydrogen) atoms. The SMILES string of the molecule is CN(c1ccccc1)c1nccc(C2CC2c2ccccc2S(N)(=O)=O)n1. The molecule has 1 heterocycles. The number of hydrogen-bond acceptors (Lipinski definition) is 5. The van der Waals surface area contributed by atoms with Crippen LogP contribution < -0.4 is 10.0 Å². The number of nitrogens with zero attached hydrogens (tertiary/aromatic N) is 3. The molecule has 2 aromatic carbocycles. The van der Waals surface area contributed by atoms with E-state index in [1.807, 2.05) is 60.5 Å². The normalized spacial score (nSPS) is 18.9. The zero-order valence-corrected chi connectivity index (χ0v) is 15.7. The van der Waals surface area contributed by atoms with E-state index in [1.165, 1.54) is 0 Å². The number of nitrogens with two attached hydrogens (primary N) is 1. The Kier molecular flexibility index (Phi) is 4.41. The molecule has 1 fully saturated rings. The van der Waals surface area contributed by atoms with Gasteiger partial charge in [-0.2, -0.15) is 0 Å². The van der Waals surface area contributed by atoms with Gasteiger partial charge in [0.05, 0.1) is 4.90 Å². The number of aromatic nitrogens is 2. The second kappa shape index (κ2) is 6.75. The fraction of sp³-hybridized carbons (Fsp3) is 0.200. The van der Waals surface area contributed by atoms with Crippen LogP contribution in [0.3, 0.4) is 0 Å². The predicted molar refractivity (Wildman–Crippen MR) is 104 cm³/mol. The zero-order valence-electron chi connectivity index (χ0n) is 14.9. The molecule has 3 aromatic rings. The van der Waals surface area contributed by atoms with Gasteiger partial charge in [0.25, 0.3) is 0 Å². The van der Waals surface area contributed by atoms with Gasteiger partial charge in [-0.3, -0.25) is 0 Å². The molecule has 2 unspecified atom stereocenters. The largest absolute Gasteiger partial charge is 0.314 e. The third kappa shape index (κ3) is 3.56. The molecule has 6 nitrogen and oxygen atoms in total. The molecule has 0 amide bonds. The molecule has 1 aliphatic rings. The van der Waals surface area contributed by atoms with Gasteiger partial charge in [-0.25, -0.2) is 23.5 Å². The first-order chi connectivity index (χ1) is 12.9. The Balaban J connectivity index is 1.61. The highest BCUT2D eigenvalue weighted by atomic mass is 32.2. The second-order valence-corrected chi connectivity index (χ2v) is 8.24. The van der Waals surface area contributed by atoms with Crippen LogP contribution in [0.1, 0.15) is 29.5 Å². The molecular formula is C20H20N4O2S. The Labute approximate surface area is 158 Å². The lowest BCUT2D eigenvalue weighted by atomic mass is 10.1. The Morgan fingerprint density at radius 3 is 2.44 bits per heavy atom. The van der Waals surface area contributed by atoms with Gasteiger partial charge in [0.2, 0.25) is 16.0 Å². The standard InChI is InChI=1S/C20H20N4O2S/c1-24(14-7-3-2-4-8-14)20-22-12-11-18(23-20)17-13-16(17)15-9-5-6-10-19(15)27(21,25)26/h2-12,16-17H,13H2,1H3,(H2,21,25,26). The van der Waals surface area contributed by atoms with Crippen LogP contribution in [0, 0.1) is 0 Å². The summed E-state index contributed by atoms with van der Waals surface area (Å²) < 4.78 is 23.7. The second-order valence-electron chi connectivity index (χ2n) is 6.71. The summed E-state index contributed by atoms with van der Waals surface area (Å²) in [6.07, 6.45) is 2.59. The van der Waals surface area contributed by atoms with Gasteiger partial charge in [-0.05, 0) is 42.2 Å². The summed E-state index contributed by atoms with van der Waals surface area (Å²) in [5.41, 5.74) is 2.68. The maximum Gasteiger partial charge on any atom is 0.238 e. The minimum atomic E-state index is -3.74. The van der Waals surface area contributed by atoms with Crippen molar-refractivity contribution in [3.63, 3.8) is 0 Å². The van der Waals surface area contributed by atoms with E-state index in [4.69, 9.17) is 10.1 Å². The van der Waals surface area contributed by atoms with Gasteiger partial charge in [0.15, 0.2) is 0 Å². The lowest BCUT2D eigenvalue weighted by Gasteiger charge is -2.17. The molecule has 2 atom stereocenters. The average Bonchev–Trinajstić information content (AvgIpc) is 3.48. The summed E-state index contributed by atoms with van der Waals surface area (Å²) in [5.74, 6) is 0.882. The molecule has 1 aliphatic carbocycles. The van der Waals surface area contributed by atoms with Gasteiger partial charge in [0.1, 0.15) is 0 Å². The zero-order chi connectivity index (χ0) is 19.0. The summed E-state index contributed by atoms with van der Waals surface area (Å²) in [6, 6.07) is 18.7. The Morgan fingerprint density at radius 2 is 1.70 bits per heavy atom. The van der Waals surface area contributed by atoms with E-state index in [0.717, 1.165) is 23.4 Å². The van der Waals surface area contributed by atoms with Crippen molar-refractivity contribution in [3.05, 3.63) is 78.1 Å². The highest BCUT2D eigenvalue weighted by molar-refractivity contribution is 7.89. The van der Waals surface area contributed by atoms with Gasteiger partial charge in [-0.1, -0.05) is 36.4 Å². The van der Waals surface area contributed by atoms with E-state index in [1.54, 1.807) is 18.3 Å². The maximum atomic E-state index is 11.9. The smallest absolute Gasteiger partial charge is 0.238 e. The molecule has 0 radical (unpaired) electrons. The fourth-order valence-corrected chi connectivity index (χ4v) is 4.22. The fourth-order valence-electron chi connectivity index (χ4n) is 3.41. The topological polar surface area (TPSA) is 89.2 Å². The van der Waals surface area contributed by atoms with Crippen molar-refractivity contribution in [2.45, 2.75) is 23.2 Å². The van der Waals surface area contributed by atoms with Gasteiger partial charge < -0.3 is 4.90 Å². The minimum Gasteiger partial charge on any atom is -0.314 e. The third-order valence-electron chi connectivity index (χ3n) is 4.90. The van der Waals surface area contributed by atoms with Crippen molar-refractivity contribution in [1.29, 1.82) is 0 Å². The average molecular weight is 380 g/mol. The van der Waals surface area contributed by atoms with E-state index in [-0.39, 0.29) is 16.7 Å². The number of rotatable bonds is 5. The molecule has 0 spiro atoms. The van der Waals surface area contributed by atoms with Gasteiger partial charge in [-0.15, -0.1) is 0 Å². The summed E-state index contributed by atoms with van der Waals surface area (Å²) in [4.78, 5) is 11.2. The van der Waals surface area contributed by atoms with E-state index in [0.29, 0.717) is 5.95 Å². The number of anilines is 2. The van der Waals surface area contributed by atoms with E-state index in [9.17, 15) is 8.42 Å². The highest BCUT2D eigenvalue weighted by Gasteiger charge is 2.43. The first-order valence-electron chi connectivity index (χ1n) is 8.68. The number of para-hydroxylation sites is 1. The lowest BCUT2D eigenvalue weighted by molar-refractivity contribution is 0.596. The van der Waals surface area contributed by atoms with Crippen LogP contribution in [0.2, 0.25) is 0 Å². The molecular weight excluding hydrogens is 360 g/mol. The molecule has 1 saturated carbocycles. The summed E-state index contributed by atoms with van der Waals surface area (Å²) in [7, 11) is -1.82. The van der Waals surface area contributed by atoms with E-state index >= 15 is 0 Å². The van der Waals surface area contributed by atoms with Crippen LogP contribution in [0.15, 0.2) is 71.8 Å². The van der Waals surface area contributed by atoms with Crippen molar-refractivity contribution in [2.24, 2.45) is 5.14 Å². The van der Waals surface area contributed by atoms with Crippen molar-refractivity contribution in [2.75, 3.05) is 11.9 Å². The van der Waals surface area contributed by atoms with Gasteiger partial charge in [0, 0.05) is 30.5 Å². The van der Waals surface area contributed by atoms with Crippen molar-refractivity contribution in [1.82, 2.24) is 9.97 Å². The van der Waals surface area contributed by atoms with E-state index in [2.05, 4.69) is 4.98 Å². The van der Waals surface area contributed by atoms with Crippen LogP contribution in [-0.4, -0.2) is 25.4 Å². The number of sulfonamides is 1. The van der Waals surface area contributed by atoms with Crippen LogP contribution in [-0.2, 0) is 10.0 Å². The van der Waals surface area contributed by atoms with Crippen LogP contribution >= 0.6 is 0 Å². The first-order valence-corrected chi connectivity index (χ1v) is 10.2. The minimum absolute atomic E-state index is 0.101. The molecule has 2 N–H and O–H groups in total. The van der Waals surface area contributed by atoms with Gasteiger partial charge >= 0.3 is 0 Å². The highest BCUT2D eigenvalue weighted by Crippen LogP contribution is 2.55. The molecule has 7 heteroatoms. The van der Waals surface area contributed by atoms with Crippen LogP contribution in [0.25, 0.3) is 0 Å². The Morgan fingerprint density at radius 1 is 1.00 bits per heavy atom. The lowest BCUT2D eigenvalue weighted by Crippen LogP contribution is -2.14. The summed E-state index contributed by atoms with van der Waals surface area (Å²) in [6.45, 7) is 0. The van der Waals surface area contributed by atoms with Crippen molar-refractivity contribution < 1.29 is 8.42 Å². The Bertz CT molecular complexity index is 1070. The third-order valence-corrected chi connectivity index (χ3v) is 5.89. The predicted octanol–water partition coefficient (Wildman–Crippen LogP) is 3.16. The molecule has 138 valence electrons. The van der Waals surface area contributed by atoms with Crippen molar-refractivity contribution >= 4 is 21.7 Å².